The fourth-order valence-electron chi connectivity index (χ4n) is 1.68. The Morgan fingerprint density at radius 3 is 2.41 bits per heavy atom. The topological polar surface area (TPSA) is 41.5 Å². The number of rotatable bonds is 12. The van der Waals surface area contributed by atoms with E-state index in [-0.39, 0.29) is 12.1 Å². The second-order valence-electron chi connectivity index (χ2n) is 5.07. The molecular weight excluding hydrogens is 214 g/mol. The first-order valence-corrected chi connectivity index (χ1v) is 7.12. The number of aliphatic hydroxyl groups is 1. The molecule has 0 fully saturated rings. The van der Waals surface area contributed by atoms with Gasteiger partial charge < -0.3 is 15.2 Å². The zero-order chi connectivity index (χ0) is 13.0. The lowest BCUT2D eigenvalue weighted by Gasteiger charge is -2.28. The number of hydrogen-bond acceptors (Lipinski definition) is 3. The van der Waals surface area contributed by atoms with Crippen molar-refractivity contribution in [2.75, 3.05) is 26.4 Å². The molecule has 0 spiro atoms. The molecule has 3 nitrogen and oxygen atoms in total. The van der Waals surface area contributed by atoms with E-state index in [9.17, 15) is 5.11 Å². The molecule has 0 aromatic heterocycles. The van der Waals surface area contributed by atoms with Crippen molar-refractivity contribution in [3.8, 4) is 0 Å². The van der Waals surface area contributed by atoms with Gasteiger partial charge in [0, 0.05) is 18.8 Å². The summed E-state index contributed by atoms with van der Waals surface area (Å²) < 4.78 is 5.61. The highest BCUT2D eigenvalue weighted by Crippen LogP contribution is 2.09. The number of unbranched alkanes of at least 4 members (excludes halogenated alkanes) is 3. The van der Waals surface area contributed by atoms with Crippen molar-refractivity contribution in [3.63, 3.8) is 0 Å². The number of hydrogen-bond donors (Lipinski definition) is 2. The molecule has 0 heterocycles. The summed E-state index contributed by atoms with van der Waals surface area (Å²) in [5.74, 6) is 0. The summed E-state index contributed by atoms with van der Waals surface area (Å²) in [6.45, 7) is 9.13. The van der Waals surface area contributed by atoms with Crippen LogP contribution in [0.25, 0.3) is 0 Å². The van der Waals surface area contributed by atoms with Crippen molar-refractivity contribution < 1.29 is 9.84 Å². The van der Waals surface area contributed by atoms with E-state index in [1.165, 1.54) is 19.3 Å². The maximum atomic E-state index is 9.37. The first-order valence-electron chi connectivity index (χ1n) is 7.12. The standard InChI is InChI=1S/C14H31NO2/c1-4-6-7-8-11-17-12-9-14(3,13-16)15-10-5-2/h15-16H,4-13H2,1-3H3. The van der Waals surface area contributed by atoms with Crippen molar-refractivity contribution in [1.82, 2.24) is 5.32 Å². The Kier molecular flexibility index (Phi) is 10.9. The highest BCUT2D eigenvalue weighted by Gasteiger charge is 2.21. The van der Waals surface area contributed by atoms with Crippen LogP contribution in [0.2, 0.25) is 0 Å². The molecule has 0 bridgehead atoms. The van der Waals surface area contributed by atoms with Crippen LogP contribution in [0.4, 0.5) is 0 Å². The molecule has 2 N–H and O–H groups in total. The molecule has 17 heavy (non-hydrogen) atoms. The van der Waals surface area contributed by atoms with E-state index in [1.807, 2.05) is 0 Å². The van der Waals surface area contributed by atoms with Gasteiger partial charge in [0.2, 0.25) is 0 Å². The molecule has 104 valence electrons. The fraction of sp³-hybridized carbons (Fsp3) is 1.00. The van der Waals surface area contributed by atoms with Crippen molar-refractivity contribution in [3.05, 3.63) is 0 Å². The molecule has 0 aromatic rings. The third kappa shape index (κ3) is 9.57. The van der Waals surface area contributed by atoms with Crippen molar-refractivity contribution in [1.29, 1.82) is 0 Å². The van der Waals surface area contributed by atoms with Gasteiger partial charge in [-0.15, -0.1) is 0 Å². The first-order chi connectivity index (χ1) is 8.18. The summed E-state index contributed by atoms with van der Waals surface area (Å²) in [6.07, 6.45) is 6.96. The van der Waals surface area contributed by atoms with Gasteiger partial charge in [-0.3, -0.25) is 0 Å². The monoisotopic (exact) mass is 245 g/mol. The minimum atomic E-state index is -0.181. The Morgan fingerprint density at radius 2 is 1.82 bits per heavy atom. The average molecular weight is 245 g/mol. The van der Waals surface area contributed by atoms with Crippen molar-refractivity contribution in [2.24, 2.45) is 0 Å². The molecule has 0 rings (SSSR count). The molecule has 0 aromatic carbocycles. The van der Waals surface area contributed by atoms with E-state index in [0.29, 0.717) is 0 Å². The lowest BCUT2D eigenvalue weighted by molar-refractivity contribution is 0.0848. The Morgan fingerprint density at radius 1 is 1.06 bits per heavy atom. The van der Waals surface area contributed by atoms with Gasteiger partial charge in [0.25, 0.3) is 0 Å². The van der Waals surface area contributed by atoms with E-state index >= 15 is 0 Å². The Balaban J connectivity index is 3.48. The van der Waals surface area contributed by atoms with Gasteiger partial charge in [-0.1, -0.05) is 33.1 Å². The van der Waals surface area contributed by atoms with Crippen LogP contribution < -0.4 is 5.32 Å². The van der Waals surface area contributed by atoms with Crippen LogP contribution >= 0.6 is 0 Å². The van der Waals surface area contributed by atoms with E-state index in [1.54, 1.807) is 0 Å². The minimum absolute atomic E-state index is 0.173. The van der Waals surface area contributed by atoms with E-state index < -0.39 is 0 Å². The summed E-state index contributed by atoms with van der Waals surface area (Å²) in [5.41, 5.74) is -0.181. The molecule has 0 aliphatic heterocycles. The van der Waals surface area contributed by atoms with Crippen LogP contribution in [0.3, 0.4) is 0 Å². The molecule has 0 amide bonds. The second-order valence-corrected chi connectivity index (χ2v) is 5.07. The normalized spacial score (nSPS) is 14.8. The van der Waals surface area contributed by atoms with Gasteiger partial charge in [-0.2, -0.15) is 0 Å². The van der Waals surface area contributed by atoms with Crippen LogP contribution in [-0.4, -0.2) is 37.0 Å². The number of aliphatic hydroxyl groups excluding tert-OH is 1. The largest absolute Gasteiger partial charge is 0.394 e. The zero-order valence-electron chi connectivity index (χ0n) is 11.9. The van der Waals surface area contributed by atoms with Gasteiger partial charge in [0.15, 0.2) is 0 Å². The maximum Gasteiger partial charge on any atom is 0.0611 e. The Bertz CT molecular complexity index is 164. The second kappa shape index (κ2) is 11.0. The fourth-order valence-corrected chi connectivity index (χ4v) is 1.68. The third-order valence-electron chi connectivity index (χ3n) is 3.09. The minimum Gasteiger partial charge on any atom is -0.394 e. The Hall–Kier alpha value is -0.120. The number of nitrogens with one attached hydrogen (secondary N) is 1. The van der Waals surface area contributed by atoms with Gasteiger partial charge in [-0.05, 0) is 32.7 Å². The first kappa shape index (κ1) is 16.9. The van der Waals surface area contributed by atoms with E-state index in [4.69, 9.17) is 4.74 Å². The van der Waals surface area contributed by atoms with Crippen LogP contribution in [0.5, 0.6) is 0 Å². The SMILES string of the molecule is CCCCCCOCCC(C)(CO)NCCC. The Labute approximate surface area is 107 Å². The molecule has 1 unspecified atom stereocenters. The lowest BCUT2D eigenvalue weighted by atomic mass is 9.99. The van der Waals surface area contributed by atoms with Gasteiger partial charge >= 0.3 is 0 Å². The highest BCUT2D eigenvalue weighted by atomic mass is 16.5. The zero-order valence-corrected chi connectivity index (χ0v) is 11.9. The van der Waals surface area contributed by atoms with Crippen LogP contribution in [0, 0.1) is 0 Å². The van der Waals surface area contributed by atoms with Crippen molar-refractivity contribution in [2.45, 2.75) is 64.8 Å². The molecular formula is C14H31NO2. The van der Waals surface area contributed by atoms with Crippen LogP contribution in [0.15, 0.2) is 0 Å². The number of ether oxygens (including phenoxy) is 1. The third-order valence-corrected chi connectivity index (χ3v) is 3.09. The summed E-state index contributed by atoms with van der Waals surface area (Å²) in [7, 11) is 0. The smallest absolute Gasteiger partial charge is 0.0611 e. The highest BCUT2D eigenvalue weighted by molar-refractivity contribution is 4.81. The summed E-state index contributed by atoms with van der Waals surface area (Å²) >= 11 is 0. The molecule has 0 saturated heterocycles. The summed E-state index contributed by atoms with van der Waals surface area (Å²) in [5, 5.41) is 12.7. The van der Waals surface area contributed by atoms with Gasteiger partial charge in [-0.25, -0.2) is 0 Å². The molecule has 0 radical (unpaired) electrons. The van der Waals surface area contributed by atoms with E-state index in [0.717, 1.165) is 39.0 Å². The van der Waals surface area contributed by atoms with Crippen molar-refractivity contribution >= 4 is 0 Å². The van der Waals surface area contributed by atoms with Gasteiger partial charge in [0.05, 0.1) is 6.61 Å². The molecule has 1 atom stereocenters. The van der Waals surface area contributed by atoms with Crippen LogP contribution in [-0.2, 0) is 4.74 Å². The summed E-state index contributed by atoms with van der Waals surface area (Å²) in [6, 6.07) is 0. The molecule has 0 aliphatic rings. The predicted molar refractivity (Wildman–Crippen MR) is 73.4 cm³/mol. The molecule has 3 heteroatoms. The quantitative estimate of drug-likeness (QED) is 0.519. The average Bonchev–Trinajstić information content (AvgIpc) is 2.35. The van der Waals surface area contributed by atoms with Crippen LogP contribution in [0.1, 0.15) is 59.3 Å². The maximum absolute atomic E-state index is 9.37. The molecule has 0 aliphatic carbocycles. The predicted octanol–water partition coefficient (Wildman–Crippen LogP) is 2.72. The lowest BCUT2D eigenvalue weighted by Crippen LogP contribution is -2.46. The van der Waals surface area contributed by atoms with E-state index in [2.05, 4.69) is 26.1 Å². The molecule has 0 saturated carbocycles. The summed E-state index contributed by atoms with van der Waals surface area (Å²) in [4.78, 5) is 0. The van der Waals surface area contributed by atoms with Gasteiger partial charge in [0.1, 0.15) is 0 Å².